The van der Waals surface area contributed by atoms with E-state index >= 15 is 0 Å². The van der Waals surface area contributed by atoms with Crippen LogP contribution in [-0.4, -0.2) is 0 Å². The van der Waals surface area contributed by atoms with Gasteiger partial charge in [-0.3, -0.25) is 0 Å². The van der Waals surface area contributed by atoms with E-state index in [1.54, 1.807) is 0 Å². The quantitative estimate of drug-likeness (QED) is 0.313. The standard InChI is InChI=1S/C28H19NS/c1-2-9-21(10-3-1)29-25-17-15-19-8-4-5-11-22(19)28(25)20-14-16-24-23-12-6-7-13-26(23)30-27(24)18-20/h1-18,29H. The lowest BCUT2D eigenvalue weighted by Crippen LogP contribution is -1.94. The van der Waals surface area contributed by atoms with E-state index < -0.39 is 0 Å². The number of thiophene rings is 1. The Morgan fingerprint density at radius 1 is 0.533 bits per heavy atom. The van der Waals surface area contributed by atoms with Gasteiger partial charge in [0.25, 0.3) is 0 Å². The topological polar surface area (TPSA) is 12.0 Å². The Morgan fingerprint density at radius 2 is 1.27 bits per heavy atom. The highest BCUT2D eigenvalue weighted by Crippen LogP contribution is 2.41. The zero-order valence-corrected chi connectivity index (χ0v) is 17.1. The molecular formula is C28H19NS. The maximum atomic E-state index is 3.64. The van der Waals surface area contributed by atoms with Gasteiger partial charge in [0.15, 0.2) is 0 Å². The Balaban J connectivity index is 1.60. The van der Waals surface area contributed by atoms with Gasteiger partial charge in [0.2, 0.25) is 0 Å². The minimum Gasteiger partial charge on any atom is -0.355 e. The molecule has 0 bridgehead atoms. The Hall–Kier alpha value is -3.62. The Kier molecular flexibility index (Phi) is 4.03. The molecule has 0 unspecified atom stereocenters. The first-order valence-corrected chi connectivity index (χ1v) is 10.9. The summed E-state index contributed by atoms with van der Waals surface area (Å²) in [4.78, 5) is 0. The van der Waals surface area contributed by atoms with Crippen molar-refractivity contribution in [2.75, 3.05) is 5.32 Å². The van der Waals surface area contributed by atoms with Crippen molar-refractivity contribution in [3.8, 4) is 11.1 Å². The van der Waals surface area contributed by atoms with Crippen LogP contribution >= 0.6 is 11.3 Å². The predicted molar refractivity (Wildman–Crippen MR) is 132 cm³/mol. The van der Waals surface area contributed by atoms with Gasteiger partial charge < -0.3 is 5.32 Å². The molecule has 0 spiro atoms. The number of hydrogen-bond acceptors (Lipinski definition) is 2. The summed E-state index contributed by atoms with van der Waals surface area (Å²) >= 11 is 1.87. The molecule has 1 heterocycles. The molecule has 30 heavy (non-hydrogen) atoms. The number of rotatable bonds is 3. The number of nitrogens with one attached hydrogen (secondary N) is 1. The number of fused-ring (bicyclic) bond motifs is 4. The van der Waals surface area contributed by atoms with Crippen molar-refractivity contribution in [2.24, 2.45) is 0 Å². The van der Waals surface area contributed by atoms with E-state index in [1.165, 1.54) is 42.1 Å². The number of para-hydroxylation sites is 1. The molecule has 6 rings (SSSR count). The van der Waals surface area contributed by atoms with Crippen LogP contribution in [0.4, 0.5) is 11.4 Å². The van der Waals surface area contributed by atoms with Gasteiger partial charge in [-0.05, 0) is 46.7 Å². The van der Waals surface area contributed by atoms with Crippen molar-refractivity contribution >= 4 is 53.7 Å². The maximum absolute atomic E-state index is 3.64. The van der Waals surface area contributed by atoms with E-state index in [0.717, 1.165) is 11.4 Å². The van der Waals surface area contributed by atoms with Crippen molar-refractivity contribution < 1.29 is 0 Å². The van der Waals surface area contributed by atoms with Crippen molar-refractivity contribution in [1.82, 2.24) is 0 Å². The fraction of sp³-hybridized carbons (Fsp3) is 0. The first-order valence-electron chi connectivity index (χ1n) is 10.1. The molecule has 0 fully saturated rings. The summed E-state index contributed by atoms with van der Waals surface area (Å²) in [6.45, 7) is 0. The minimum atomic E-state index is 1.09. The highest BCUT2D eigenvalue weighted by molar-refractivity contribution is 7.25. The molecule has 0 aliphatic carbocycles. The average Bonchev–Trinajstić information content (AvgIpc) is 3.17. The highest BCUT2D eigenvalue weighted by Gasteiger charge is 2.13. The van der Waals surface area contributed by atoms with Crippen LogP contribution in [-0.2, 0) is 0 Å². The molecular weight excluding hydrogens is 382 g/mol. The van der Waals surface area contributed by atoms with Crippen LogP contribution in [0.5, 0.6) is 0 Å². The van der Waals surface area contributed by atoms with Crippen LogP contribution in [0.25, 0.3) is 42.1 Å². The highest BCUT2D eigenvalue weighted by atomic mass is 32.1. The molecule has 1 nitrogen and oxygen atoms in total. The van der Waals surface area contributed by atoms with Crippen LogP contribution in [0.15, 0.2) is 109 Å². The fourth-order valence-electron chi connectivity index (χ4n) is 4.25. The first kappa shape index (κ1) is 17.3. The monoisotopic (exact) mass is 401 g/mol. The van der Waals surface area contributed by atoms with Crippen LogP contribution in [0.3, 0.4) is 0 Å². The normalized spacial score (nSPS) is 11.3. The second-order valence-corrected chi connectivity index (χ2v) is 8.59. The Morgan fingerprint density at radius 3 is 2.17 bits per heavy atom. The molecule has 0 aliphatic rings. The van der Waals surface area contributed by atoms with Crippen LogP contribution in [0.1, 0.15) is 0 Å². The van der Waals surface area contributed by atoms with E-state index in [9.17, 15) is 0 Å². The van der Waals surface area contributed by atoms with Gasteiger partial charge in [0.05, 0.1) is 0 Å². The summed E-state index contributed by atoms with van der Waals surface area (Å²) in [5.41, 5.74) is 4.71. The van der Waals surface area contributed by atoms with Gasteiger partial charge in [0, 0.05) is 37.1 Å². The van der Waals surface area contributed by atoms with Gasteiger partial charge >= 0.3 is 0 Å². The second-order valence-electron chi connectivity index (χ2n) is 7.51. The summed E-state index contributed by atoms with van der Waals surface area (Å²) in [5, 5.41) is 8.82. The molecule has 0 atom stereocenters. The van der Waals surface area contributed by atoms with Crippen LogP contribution < -0.4 is 5.32 Å². The molecule has 1 aromatic heterocycles. The molecule has 0 aliphatic heterocycles. The van der Waals surface area contributed by atoms with Crippen molar-refractivity contribution in [1.29, 1.82) is 0 Å². The van der Waals surface area contributed by atoms with E-state index in [0.29, 0.717) is 0 Å². The minimum absolute atomic E-state index is 1.09. The third-order valence-electron chi connectivity index (χ3n) is 5.65. The molecule has 1 N–H and O–H groups in total. The Labute approximate surface area is 179 Å². The lowest BCUT2D eigenvalue weighted by Gasteiger charge is -2.16. The summed E-state index contributed by atoms with van der Waals surface area (Å²) in [7, 11) is 0. The fourth-order valence-corrected chi connectivity index (χ4v) is 5.39. The van der Waals surface area contributed by atoms with Gasteiger partial charge in [-0.25, -0.2) is 0 Å². The van der Waals surface area contributed by atoms with E-state index in [1.807, 2.05) is 17.4 Å². The molecule has 142 valence electrons. The third-order valence-corrected chi connectivity index (χ3v) is 6.78. The van der Waals surface area contributed by atoms with Gasteiger partial charge in [-0.2, -0.15) is 0 Å². The SMILES string of the molecule is c1ccc(Nc2ccc3ccccc3c2-c2ccc3c(c2)sc2ccccc23)cc1. The van der Waals surface area contributed by atoms with E-state index in [-0.39, 0.29) is 0 Å². The van der Waals surface area contributed by atoms with E-state index in [2.05, 4.69) is 108 Å². The van der Waals surface area contributed by atoms with Crippen LogP contribution in [0.2, 0.25) is 0 Å². The maximum Gasteiger partial charge on any atom is 0.0470 e. The third kappa shape index (κ3) is 2.85. The molecule has 0 amide bonds. The van der Waals surface area contributed by atoms with E-state index in [4.69, 9.17) is 0 Å². The molecule has 2 heteroatoms. The largest absolute Gasteiger partial charge is 0.355 e. The summed E-state index contributed by atoms with van der Waals surface area (Å²) in [6.07, 6.45) is 0. The number of hydrogen-bond donors (Lipinski definition) is 1. The smallest absolute Gasteiger partial charge is 0.0470 e. The van der Waals surface area contributed by atoms with Crippen molar-refractivity contribution in [2.45, 2.75) is 0 Å². The zero-order valence-electron chi connectivity index (χ0n) is 16.3. The lowest BCUT2D eigenvalue weighted by atomic mass is 9.95. The summed E-state index contributed by atoms with van der Waals surface area (Å²) in [6, 6.07) is 38.9. The van der Waals surface area contributed by atoms with Gasteiger partial charge in [0.1, 0.15) is 0 Å². The number of benzene rings is 5. The zero-order chi connectivity index (χ0) is 19.9. The Bertz CT molecular complexity index is 1510. The van der Waals surface area contributed by atoms with Gasteiger partial charge in [-0.1, -0.05) is 78.9 Å². The summed E-state index contributed by atoms with van der Waals surface area (Å²) < 4.78 is 2.66. The summed E-state index contributed by atoms with van der Waals surface area (Å²) in [5.74, 6) is 0. The molecule has 0 saturated carbocycles. The van der Waals surface area contributed by atoms with Crippen molar-refractivity contribution in [3.63, 3.8) is 0 Å². The lowest BCUT2D eigenvalue weighted by molar-refractivity contribution is 1.56. The molecule has 0 radical (unpaired) electrons. The number of anilines is 2. The predicted octanol–water partition coefficient (Wildman–Crippen LogP) is 8.62. The van der Waals surface area contributed by atoms with Gasteiger partial charge in [-0.15, -0.1) is 11.3 Å². The first-order chi connectivity index (χ1) is 14.9. The molecule has 0 saturated heterocycles. The van der Waals surface area contributed by atoms with Crippen molar-refractivity contribution in [3.05, 3.63) is 109 Å². The molecule has 5 aromatic carbocycles. The molecule has 6 aromatic rings. The van der Waals surface area contributed by atoms with Crippen LogP contribution in [0, 0.1) is 0 Å². The average molecular weight is 402 g/mol. The second kappa shape index (κ2) is 7.01.